The maximum Gasteiger partial charge on any atom is 0.220 e. The van der Waals surface area contributed by atoms with Gasteiger partial charge in [-0.1, -0.05) is 249 Å². The van der Waals surface area contributed by atoms with Gasteiger partial charge in [-0.2, -0.15) is 0 Å². The van der Waals surface area contributed by atoms with Crippen molar-refractivity contribution in [2.75, 3.05) is 6.61 Å². The number of hydrogen-bond acceptors (Lipinski definition) is 3. The summed E-state index contributed by atoms with van der Waals surface area (Å²) in [6.07, 6.45) is 62.8. The van der Waals surface area contributed by atoms with E-state index in [-0.39, 0.29) is 12.5 Å². The zero-order valence-corrected chi connectivity index (χ0v) is 37.2. The van der Waals surface area contributed by atoms with Crippen LogP contribution in [0.4, 0.5) is 0 Å². The SMILES string of the molecule is CCCCCCCCCCCCCCCC/C=C/CC/C=C/CC/C=C/C(O)C(CO)NC(=O)CCCCCCCCCCCCCCCCCCCCC. The molecule has 0 fully saturated rings. The number of carbonyl (C=O) groups excluding carboxylic acids is 1. The summed E-state index contributed by atoms with van der Waals surface area (Å²) < 4.78 is 0. The van der Waals surface area contributed by atoms with Crippen LogP contribution >= 0.6 is 0 Å². The van der Waals surface area contributed by atoms with Crippen molar-refractivity contribution in [3.63, 3.8) is 0 Å². The fraction of sp³-hybridized carbons (Fsp3) is 0.863. The highest BCUT2D eigenvalue weighted by Crippen LogP contribution is 2.16. The van der Waals surface area contributed by atoms with Crippen LogP contribution < -0.4 is 5.32 Å². The molecule has 0 rings (SSSR count). The first-order valence-electron chi connectivity index (χ1n) is 24.7. The Morgan fingerprint density at radius 2 is 0.709 bits per heavy atom. The predicted octanol–water partition coefficient (Wildman–Crippen LogP) is 15.7. The van der Waals surface area contributed by atoms with Gasteiger partial charge in [0.05, 0.1) is 18.8 Å². The number of nitrogens with one attached hydrogen (secondary N) is 1. The Hall–Kier alpha value is -1.39. The van der Waals surface area contributed by atoms with E-state index in [4.69, 9.17) is 0 Å². The second-order valence-corrected chi connectivity index (χ2v) is 16.9. The number of aliphatic hydroxyl groups excluding tert-OH is 2. The zero-order valence-electron chi connectivity index (χ0n) is 37.2. The Labute approximate surface area is 344 Å². The molecule has 3 N–H and O–H groups in total. The summed E-state index contributed by atoms with van der Waals surface area (Å²) in [5.74, 6) is -0.0740. The Bertz CT molecular complexity index is 836. The second kappa shape index (κ2) is 47.0. The van der Waals surface area contributed by atoms with E-state index < -0.39 is 12.1 Å². The monoisotopic (exact) mass is 772 g/mol. The molecule has 2 unspecified atom stereocenters. The lowest BCUT2D eigenvalue weighted by Crippen LogP contribution is -2.45. The first-order chi connectivity index (χ1) is 27.2. The van der Waals surface area contributed by atoms with Gasteiger partial charge in [-0.3, -0.25) is 4.79 Å². The number of hydrogen-bond donors (Lipinski definition) is 3. The quantitative estimate of drug-likeness (QED) is 0.0426. The molecule has 4 nitrogen and oxygen atoms in total. The lowest BCUT2D eigenvalue weighted by Gasteiger charge is -2.19. The van der Waals surface area contributed by atoms with Gasteiger partial charge in [0.15, 0.2) is 0 Å². The van der Waals surface area contributed by atoms with Crippen molar-refractivity contribution < 1.29 is 15.0 Å². The molecular formula is C51H97NO3. The number of aliphatic hydroxyl groups is 2. The van der Waals surface area contributed by atoms with Gasteiger partial charge in [0, 0.05) is 6.42 Å². The molecule has 0 spiro atoms. The van der Waals surface area contributed by atoms with Crippen LogP contribution in [0.5, 0.6) is 0 Å². The van der Waals surface area contributed by atoms with Crippen LogP contribution in [0.3, 0.4) is 0 Å². The molecule has 55 heavy (non-hydrogen) atoms. The van der Waals surface area contributed by atoms with Crippen molar-refractivity contribution in [2.45, 2.75) is 276 Å². The van der Waals surface area contributed by atoms with E-state index in [2.05, 4.69) is 43.5 Å². The van der Waals surface area contributed by atoms with Gasteiger partial charge in [-0.15, -0.1) is 0 Å². The fourth-order valence-corrected chi connectivity index (χ4v) is 7.56. The molecule has 4 heteroatoms. The van der Waals surface area contributed by atoms with Gasteiger partial charge < -0.3 is 15.5 Å². The molecular weight excluding hydrogens is 675 g/mol. The van der Waals surface area contributed by atoms with Crippen molar-refractivity contribution in [1.82, 2.24) is 5.32 Å². The van der Waals surface area contributed by atoms with Crippen LogP contribution in [0.15, 0.2) is 36.5 Å². The predicted molar refractivity (Wildman–Crippen MR) is 244 cm³/mol. The Morgan fingerprint density at radius 1 is 0.418 bits per heavy atom. The van der Waals surface area contributed by atoms with Crippen molar-refractivity contribution in [3.05, 3.63) is 36.5 Å². The number of unbranched alkanes of at least 4 members (excludes halogenated alkanes) is 34. The van der Waals surface area contributed by atoms with E-state index in [1.165, 1.54) is 205 Å². The Morgan fingerprint density at radius 3 is 1.05 bits per heavy atom. The second-order valence-electron chi connectivity index (χ2n) is 16.9. The van der Waals surface area contributed by atoms with Crippen LogP contribution in [-0.4, -0.2) is 34.9 Å². The minimum Gasteiger partial charge on any atom is -0.394 e. The molecule has 0 aliphatic heterocycles. The molecule has 1 amide bonds. The van der Waals surface area contributed by atoms with Crippen LogP contribution in [0.1, 0.15) is 264 Å². The van der Waals surface area contributed by atoms with Gasteiger partial charge in [-0.25, -0.2) is 0 Å². The van der Waals surface area contributed by atoms with E-state index >= 15 is 0 Å². The third kappa shape index (κ3) is 43.6. The van der Waals surface area contributed by atoms with Crippen LogP contribution in [0, 0.1) is 0 Å². The fourth-order valence-electron chi connectivity index (χ4n) is 7.56. The highest BCUT2D eigenvalue weighted by molar-refractivity contribution is 5.76. The molecule has 0 saturated carbocycles. The van der Waals surface area contributed by atoms with Crippen LogP contribution in [0.25, 0.3) is 0 Å². The van der Waals surface area contributed by atoms with Crippen molar-refractivity contribution in [2.24, 2.45) is 0 Å². The normalized spacial score (nSPS) is 13.2. The van der Waals surface area contributed by atoms with Gasteiger partial charge in [-0.05, 0) is 44.9 Å². The van der Waals surface area contributed by atoms with Crippen molar-refractivity contribution in [1.29, 1.82) is 0 Å². The molecule has 0 aliphatic rings. The van der Waals surface area contributed by atoms with E-state index in [1.807, 2.05) is 6.08 Å². The van der Waals surface area contributed by atoms with Crippen molar-refractivity contribution in [3.8, 4) is 0 Å². The van der Waals surface area contributed by atoms with E-state index in [0.29, 0.717) is 6.42 Å². The largest absolute Gasteiger partial charge is 0.394 e. The minimum absolute atomic E-state index is 0.0740. The smallest absolute Gasteiger partial charge is 0.220 e. The molecule has 0 saturated heterocycles. The topological polar surface area (TPSA) is 69.6 Å². The summed E-state index contributed by atoms with van der Waals surface area (Å²) in [5, 5.41) is 23.1. The van der Waals surface area contributed by atoms with Crippen molar-refractivity contribution >= 4 is 5.91 Å². The number of carbonyl (C=O) groups is 1. The van der Waals surface area contributed by atoms with Crippen LogP contribution in [-0.2, 0) is 4.79 Å². The molecule has 0 aromatic rings. The van der Waals surface area contributed by atoms with E-state index in [1.54, 1.807) is 6.08 Å². The number of amides is 1. The summed E-state index contributed by atoms with van der Waals surface area (Å²) in [6, 6.07) is -0.643. The van der Waals surface area contributed by atoms with Crippen LogP contribution in [0.2, 0.25) is 0 Å². The minimum atomic E-state index is -0.868. The summed E-state index contributed by atoms with van der Waals surface area (Å²) in [5.41, 5.74) is 0. The Balaban J connectivity index is 3.58. The summed E-state index contributed by atoms with van der Waals surface area (Å²) in [7, 11) is 0. The highest BCUT2D eigenvalue weighted by Gasteiger charge is 2.17. The maximum absolute atomic E-state index is 12.4. The number of rotatable bonds is 45. The highest BCUT2D eigenvalue weighted by atomic mass is 16.3. The summed E-state index contributed by atoms with van der Waals surface area (Å²) in [4.78, 5) is 12.4. The van der Waals surface area contributed by atoms with E-state index in [0.717, 1.165) is 38.5 Å². The third-order valence-corrected chi connectivity index (χ3v) is 11.4. The molecule has 0 radical (unpaired) electrons. The van der Waals surface area contributed by atoms with Gasteiger partial charge in [0.1, 0.15) is 0 Å². The summed E-state index contributed by atoms with van der Waals surface area (Å²) >= 11 is 0. The molecule has 0 aliphatic carbocycles. The first kappa shape index (κ1) is 53.6. The Kier molecular flexibility index (Phi) is 45.8. The van der Waals surface area contributed by atoms with Gasteiger partial charge >= 0.3 is 0 Å². The standard InChI is InChI=1S/C51H97NO3/c1-3-5-7-9-11-13-15-17-19-21-23-24-25-26-27-29-30-32-34-36-38-40-42-44-46-50(54)49(48-53)52-51(55)47-45-43-41-39-37-35-33-31-28-22-20-18-16-14-12-10-8-6-4-2/h29-30,36,38,44,46,49-50,53-54H,3-28,31-35,37,39-43,45,47-48H2,1-2H3,(H,52,55)/b30-29+,38-36+,46-44+. The van der Waals surface area contributed by atoms with Gasteiger partial charge in [0.2, 0.25) is 5.91 Å². The average Bonchev–Trinajstić information content (AvgIpc) is 3.19. The maximum atomic E-state index is 12.4. The molecule has 0 heterocycles. The lowest BCUT2D eigenvalue weighted by molar-refractivity contribution is -0.123. The first-order valence-corrected chi connectivity index (χ1v) is 24.7. The molecule has 324 valence electrons. The third-order valence-electron chi connectivity index (χ3n) is 11.4. The summed E-state index contributed by atoms with van der Waals surface area (Å²) in [6.45, 7) is 4.32. The molecule has 2 atom stereocenters. The van der Waals surface area contributed by atoms with Gasteiger partial charge in [0.25, 0.3) is 0 Å². The average molecular weight is 772 g/mol. The molecule has 0 bridgehead atoms. The molecule has 0 aromatic carbocycles. The van der Waals surface area contributed by atoms with E-state index in [9.17, 15) is 15.0 Å². The number of allylic oxidation sites excluding steroid dienone is 5. The zero-order chi connectivity index (χ0) is 40.0. The lowest BCUT2D eigenvalue weighted by atomic mass is 10.0. The molecule has 0 aromatic heterocycles.